The molecular weight excluding hydrogens is 221 g/mol. The number of nitrogens with two attached hydrogens (primary N) is 1. The van der Waals surface area contributed by atoms with Gasteiger partial charge in [0.1, 0.15) is 11.6 Å². The summed E-state index contributed by atoms with van der Waals surface area (Å²) in [4.78, 5) is 15.3. The lowest BCUT2D eigenvalue weighted by Crippen LogP contribution is -2.25. The minimum absolute atomic E-state index is 0.0532. The van der Waals surface area contributed by atoms with Crippen LogP contribution in [-0.4, -0.2) is 17.4 Å². The fourth-order valence-electron chi connectivity index (χ4n) is 1.48. The normalized spacial score (nSPS) is 10.2. The van der Waals surface area contributed by atoms with E-state index in [-0.39, 0.29) is 17.3 Å². The second kappa shape index (κ2) is 6.83. The standard InChI is InChI=1S/C12H18FN3O/c1-2-3-4-5-6-15-12(17)10-7-9(13)8-16-11(10)14/h7-8H,2-6H2,1H3,(H2,14,16)(H,15,17). The minimum atomic E-state index is -0.560. The van der Waals surface area contributed by atoms with Crippen LogP contribution in [0.3, 0.4) is 0 Å². The van der Waals surface area contributed by atoms with Gasteiger partial charge in [-0.2, -0.15) is 0 Å². The molecule has 0 aliphatic rings. The fourth-order valence-corrected chi connectivity index (χ4v) is 1.48. The molecule has 17 heavy (non-hydrogen) atoms. The topological polar surface area (TPSA) is 68.0 Å². The minimum Gasteiger partial charge on any atom is -0.383 e. The smallest absolute Gasteiger partial charge is 0.255 e. The molecule has 0 aromatic carbocycles. The van der Waals surface area contributed by atoms with Gasteiger partial charge >= 0.3 is 0 Å². The van der Waals surface area contributed by atoms with Crippen molar-refractivity contribution in [2.75, 3.05) is 12.3 Å². The van der Waals surface area contributed by atoms with Gasteiger partial charge in [0.25, 0.3) is 5.91 Å². The average molecular weight is 239 g/mol. The molecule has 0 atom stereocenters. The first-order chi connectivity index (χ1) is 8.15. The number of unbranched alkanes of at least 4 members (excludes halogenated alkanes) is 3. The molecule has 1 amide bonds. The first kappa shape index (κ1) is 13.4. The summed E-state index contributed by atoms with van der Waals surface area (Å²) in [6.45, 7) is 2.70. The number of nitrogen functional groups attached to an aromatic ring is 1. The van der Waals surface area contributed by atoms with Gasteiger partial charge in [0.15, 0.2) is 0 Å². The molecule has 1 heterocycles. The van der Waals surface area contributed by atoms with E-state index in [1.165, 1.54) is 0 Å². The van der Waals surface area contributed by atoms with E-state index in [0.717, 1.165) is 37.9 Å². The Morgan fingerprint density at radius 1 is 1.47 bits per heavy atom. The lowest BCUT2D eigenvalue weighted by molar-refractivity contribution is 0.0953. The van der Waals surface area contributed by atoms with E-state index < -0.39 is 5.82 Å². The van der Waals surface area contributed by atoms with Crippen LogP contribution in [-0.2, 0) is 0 Å². The number of nitrogens with zero attached hydrogens (tertiary/aromatic N) is 1. The molecule has 0 saturated carbocycles. The number of halogens is 1. The molecule has 0 spiro atoms. The van der Waals surface area contributed by atoms with E-state index in [0.29, 0.717) is 6.54 Å². The summed E-state index contributed by atoms with van der Waals surface area (Å²) in [6.07, 6.45) is 5.29. The molecule has 1 rings (SSSR count). The summed E-state index contributed by atoms with van der Waals surface area (Å²) in [5, 5.41) is 2.70. The van der Waals surface area contributed by atoms with Crippen LogP contribution in [0.15, 0.2) is 12.3 Å². The van der Waals surface area contributed by atoms with E-state index in [9.17, 15) is 9.18 Å². The number of rotatable bonds is 6. The van der Waals surface area contributed by atoms with Crippen molar-refractivity contribution in [3.8, 4) is 0 Å². The summed E-state index contributed by atoms with van der Waals surface area (Å²) in [5.41, 5.74) is 5.60. The number of carbonyl (C=O) groups is 1. The van der Waals surface area contributed by atoms with Crippen LogP contribution in [0, 0.1) is 5.82 Å². The van der Waals surface area contributed by atoms with Crippen molar-refractivity contribution in [1.82, 2.24) is 10.3 Å². The van der Waals surface area contributed by atoms with Crippen LogP contribution < -0.4 is 11.1 Å². The maximum Gasteiger partial charge on any atom is 0.255 e. The Kier molecular flexibility index (Phi) is 5.39. The Morgan fingerprint density at radius 2 is 2.24 bits per heavy atom. The predicted molar refractivity (Wildman–Crippen MR) is 65.1 cm³/mol. The number of nitrogens with one attached hydrogen (secondary N) is 1. The molecule has 3 N–H and O–H groups in total. The van der Waals surface area contributed by atoms with Gasteiger partial charge in [-0.1, -0.05) is 26.2 Å². The Bertz CT molecular complexity index is 382. The second-order valence-electron chi connectivity index (χ2n) is 3.90. The number of anilines is 1. The van der Waals surface area contributed by atoms with Crippen LogP contribution in [0.25, 0.3) is 0 Å². The third kappa shape index (κ3) is 4.38. The summed E-state index contributed by atoms with van der Waals surface area (Å²) in [7, 11) is 0. The van der Waals surface area contributed by atoms with Crippen molar-refractivity contribution < 1.29 is 9.18 Å². The maximum absolute atomic E-state index is 12.9. The average Bonchev–Trinajstić information content (AvgIpc) is 2.32. The van der Waals surface area contributed by atoms with Gasteiger partial charge in [0.05, 0.1) is 11.8 Å². The summed E-state index contributed by atoms with van der Waals surface area (Å²) in [5.74, 6) is -0.876. The highest BCUT2D eigenvalue weighted by Gasteiger charge is 2.11. The van der Waals surface area contributed by atoms with Crippen molar-refractivity contribution in [3.05, 3.63) is 23.6 Å². The largest absolute Gasteiger partial charge is 0.383 e. The van der Waals surface area contributed by atoms with Gasteiger partial charge in [0, 0.05) is 6.54 Å². The maximum atomic E-state index is 12.9. The molecule has 1 aromatic rings. The molecule has 0 radical (unpaired) electrons. The summed E-state index contributed by atoms with van der Waals surface area (Å²) < 4.78 is 12.9. The van der Waals surface area contributed by atoms with Crippen molar-refractivity contribution in [1.29, 1.82) is 0 Å². The Balaban J connectivity index is 2.44. The highest BCUT2D eigenvalue weighted by molar-refractivity contribution is 5.98. The van der Waals surface area contributed by atoms with Gasteiger partial charge < -0.3 is 11.1 Å². The molecular formula is C12H18FN3O. The monoisotopic (exact) mass is 239 g/mol. The fraction of sp³-hybridized carbons (Fsp3) is 0.500. The molecule has 0 fully saturated rings. The lowest BCUT2D eigenvalue weighted by Gasteiger charge is -2.06. The van der Waals surface area contributed by atoms with Crippen LogP contribution in [0.2, 0.25) is 0 Å². The Hall–Kier alpha value is -1.65. The number of pyridine rings is 1. The molecule has 94 valence electrons. The van der Waals surface area contributed by atoms with Crippen molar-refractivity contribution >= 4 is 11.7 Å². The SMILES string of the molecule is CCCCCCNC(=O)c1cc(F)cnc1N. The molecule has 0 aliphatic carbocycles. The number of hydrogen-bond donors (Lipinski definition) is 2. The molecule has 5 heteroatoms. The third-order valence-corrected chi connectivity index (χ3v) is 2.45. The highest BCUT2D eigenvalue weighted by Crippen LogP contribution is 2.09. The van der Waals surface area contributed by atoms with Crippen LogP contribution in [0.5, 0.6) is 0 Å². The Labute approximate surface area is 100 Å². The summed E-state index contributed by atoms with van der Waals surface area (Å²) >= 11 is 0. The zero-order valence-corrected chi connectivity index (χ0v) is 10.0. The first-order valence-corrected chi connectivity index (χ1v) is 5.84. The van der Waals surface area contributed by atoms with Gasteiger partial charge in [-0.05, 0) is 12.5 Å². The number of carbonyl (C=O) groups excluding carboxylic acids is 1. The second-order valence-corrected chi connectivity index (χ2v) is 3.90. The molecule has 1 aromatic heterocycles. The van der Waals surface area contributed by atoms with E-state index in [1.807, 2.05) is 0 Å². The van der Waals surface area contributed by atoms with Gasteiger partial charge in [0.2, 0.25) is 0 Å². The van der Waals surface area contributed by atoms with E-state index >= 15 is 0 Å². The Morgan fingerprint density at radius 3 is 2.94 bits per heavy atom. The third-order valence-electron chi connectivity index (χ3n) is 2.45. The van der Waals surface area contributed by atoms with E-state index in [2.05, 4.69) is 17.2 Å². The van der Waals surface area contributed by atoms with Crippen molar-refractivity contribution in [2.24, 2.45) is 0 Å². The van der Waals surface area contributed by atoms with Gasteiger partial charge in [-0.25, -0.2) is 9.37 Å². The molecule has 0 unspecified atom stereocenters. The number of aromatic nitrogens is 1. The zero-order chi connectivity index (χ0) is 12.7. The first-order valence-electron chi connectivity index (χ1n) is 5.84. The molecule has 0 saturated heterocycles. The number of hydrogen-bond acceptors (Lipinski definition) is 3. The van der Waals surface area contributed by atoms with Gasteiger partial charge in [-0.3, -0.25) is 4.79 Å². The van der Waals surface area contributed by atoms with E-state index in [4.69, 9.17) is 5.73 Å². The van der Waals surface area contributed by atoms with Crippen LogP contribution >= 0.6 is 0 Å². The van der Waals surface area contributed by atoms with Crippen molar-refractivity contribution in [2.45, 2.75) is 32.6 Å². The van der Waals surface area contributed by atoms with Gasteiger partial charge in [-0.15, -0.1) is 0 Å². The van der Waals surface area contributed by atoms with Crippen molar-refractivity contribution in [3.63, 3.8) is 0 Å². The number of amides is 1. The lowest BCUT2D eigenvalue weighted by atomic mass is 10.2. The predicted octanol–water partition coefficient (Wildman–Crippen LogP) is 2.11. The quantitative estimate of drug-likeness (QED) is 0.747. The summed E-state index contributed by atoms with van der Waals surface area (Å²) in [6, 6.07) is 1.10. The van der Waals surface area contributed by atoms with Crippen LogP contribution in [0.1, 0.15) is 43.0 Å². The van der Waals surface area contributed by atoms with Crippen LogP contribution in [0.4, 0.5) is 10.2 Å². The molecule has 0 bridgehead atoms. The highest BCUT2D eigenvalue weighted by atomic mass is 19.1. The molecule has 0 aliphatic heterocycles. The molecule has 4 nitrogen and oxygen atoms in total. The van der Waals surface area contributed by atoms with E-state index in [1.54, 1.807) is 0 Å². The zero-order valence-electron chi connectivity index (χ0n) is 10.0.